The summed E-state index contributed by atoms with van der Waals surface area (Å²) in [5.74, 6) is -0.723. The van der Waals surface area contributed by atoms with E-state index in [0.717, 1.165) is 0 Å². The van der Waals surface area contributed by atoms with Gasteiger partial charge in [-0.2, -0.15) is 0 Å². The molecule has 19 heavy (non-hydrogen) atoms. The van der Waals surface area contributed by atoms with Crippen LogP contribution in [-0.4, -0.2) is 15.8 Å². The molecule has 0 fully saturated rings. The van der Waals surface area contributed by atoms with Gasteiger partial charge in [-0.3, -0.25) is 4.57 Å². The SMILES string of the molecule is CSc1nc2ccc(F)cc2n1-c1ccccc1F. The highest BCUT2D eigenvalue weighted by atomic mass is 32.2. The molecule has 0 bridgehead atoms. The van der Waals surface area contributed by atoms with Crippen LogP contribution in [0.15, 0.2) is 47.6 Å². The van der Waals surface area contributed by atoms with Crippen LogP contribution < -0.4 is 0 Å². The lowest BCUT2D eigenvalue weighted by molar-refractivity contribution is 0.613. The van der Waals surface area contributed by atoms with Crippen molar-refractivity contribution in [1.29, 1.82) is 0 Å². The van der Waals surface area contributed by atoms with Crippen molar-refractivity contribution in [2.45, 2.75) is 5.16 Å². The number of fused-ring (bicyclic) bond motifs is 1. The molecule has 3 rings (SSSR count). The molecule has 0 N–H and O–H groups in total. The molecule has 3 aromatic rings. The standard InChI is InChI=1S/C14H10F2N2S/c1-19-14-17-11-7-6-9(15)8-13(11)18(14)12-5-3-2-4-10(12)16/h2-8H,1H3. The Morgan fingerprint density at radius 1 is 1.11 bits per heavy atom. The Hall–Kier alpha value is -1.88. The van der Waals surface area contributed by atoms with E-state index < -0.39 is 0 Å². The van der Waals surface area contributed by atoms with Gasteiger partial charge in [0.2, 0.25) is 0 Å². The fourth-order valence-corrected chi connectivity index (χ4v) is 2.60. The lowest BCUT2D eigenvalue weighted by Gasteiger charge is -2.08. The molecule has 2 aromatic carbocycles. The molecule has 1 aromatic heterocycles. The minimum Gasteiger partial charge on any atom is -0.284 e. The molecule has 1 heterocycles. The van der Waals surface area contributed by atoms with Crippen LogP contribution in [0.25, 0.3) is 16.7 Å². The maximum atomic E-state index is 13.9. The van der Waals surface area contributed by atoms with Crippen molar-refractivity contribution in [2.24, 2.45) is 0 Å². The zero-order valence-electron chi connectivity index (χ0n) is 10.1. The number of hydrogen-bond acceptors (Lipinski definition) is 2. The quantitative estimate of drug-likeness (QED) is 0.658. The molecule has 5 heteroatoms. The third-order valence-corrected chi connectivity index (χ3v) is 3.50. The van der Waals surface area contributed by atoms with Crippen molar-refractivity contribution in [2.75, 3.05) is 6.26 Å². The summed E-state index contributed by atoms with van der Waals surface area (Å²) in [7, 11) is 0. The number of rotatable bonds is 2. The van der Waals surface area contributed by atoms with Crippen LogP contribution in [0.1, 0.15) is 0 Å². The van der Waals surface area contributed by atoms with Gasteiger partial charge in [-0.15, -0.1) is 0 Å². The van der Waals surface area contributed by atoms with Crippen LogP contribution in [0.4, 0.5) is 8.78 Å². The molecule has 0 saturated carbocycles. The topological polar surface area (TPSA) is 17.8 Å². The number of aromatic nitrogens is 2. The summed E-state index contributed by atoms with van der Waals surface area (Å²) in [5.41, 5.74) is 1.59. The van der Waals surface area contributed by atoms with Crippen LogP contribution in [-0.2, 0) is 0 Å². The number of nitrogens with zero attached hydrogens (tertiary/aromatic N) is 2. The Balaban J connectivity index is 2.38. The van der Waals surface area contributed by atoms with Gasteiger partial charge >= 0.3 is 0 Å². The van der Waals surface area contributed by atoms with Gasteiger partial charge in [-0.1, -0.05) is 23.9 Å². The van der Waals surface area contributed by atoms with Crippen LogP contribution in [0.2, 0.25) is 0 Å². The van der Waals surface area contributed by atoms with E-state index in [0.29, 0.717) is 21.9 Å². The van der Waals surface area contributed by atoms with Crippen molar-refractivity contribution in [3.63, 3.8) is 0 Å². The summed E-state index contributed by atoms with van der Waals surface area (Å²) < 4.78 is 29.0. The van der Waals surface area contributed by atoms with Gasteiger partial charge < -0.3 is 0 Å². The predicted octanol–water partition coefficient (Wildman–Crippen LogP) is 4.03. The van der Waals surface area contributed by atoms with E-state index in [9.17, 15) is 8.78 Å². The molecule has 2 nitrogen and oxygen atoms in total. The fourth-order valence-electron chi connectivity index (χ4n) is 2.03. The Morgan fingerprint density at radius 3 is 2.63 bits per heavy atom. The Labute approximate surface area is 113 Å². The van der Waals surface area contributed by atoms with Crippen molar-refractivity contribution in [1.82, 2.24) is 9.55 Å². The molecule has 0 atom stereocenters. The summed E-state index contributed by atoms with van der Waals surface area (Å²) in [6, 6.07) is 10.7. The third kappa shape index (κ3) is 2.00. The van der Waals surface area contributed by atoms with Crippen LogP contribution in [0.3, 0.4) is 0 Å². The van der Waals surface area contributed by atoms with Gasteiger partial charge in [0.1, 0.15) is 11.6 Å². The van der Waals surface area contributed by atoms with Crippen molar-refractivity contribution < 1.29 is 8.78 Å². The monoisotopic (exact) mass is 276 g/mol. The molecule has 0 radical (unpaired) electrons. The van der Waals surface area contributed by atoms with E-state index in [1.807, 2.05) is 6.26 Å². The second-order valence-electron chi connectivity index (χ2n) is 4.02. The molecule has 0 aliphatic heterocycles. The Bertz CT molecular complexity index is 752. The maximum Gasteiger partial charge on any atom is 0.173 e. The molecule has 0 amide bonds. The first kappa shape index (κ1) is 12.2. The number of benzene rings is 2. The van der Waals surface area contributed by atoms with Gasteiger partial charge in [0.05, 0.1) is 16.7 Å². The summed E-state index contributed by atoms with van der Waals surface area (Å²) in [6.45, 7) is 0. The number of imidazole rings is 1. The number of thioether (sulfide) groups is 1. The molecular weight excluding hydrogens is 266 g/mol. The Morgan fingerprint density at radius 2 is 1.89 bits per heavy atom. The van der Waals surface area contributed by atoms with Crippen molar-refractivity contribution >= 4 is 22.8 Å². The smallest absolute Gasteiger partial charge is 0.173 e. The van der Waals surface area contributed by atoms with Gasteiger partial charge in [0.15, 0.2) is 5.16 Å². The van der Waals surface area contributed by atoms with Crippen LogP contribution in [0, 0.1) is 11.6 Å². The lowest BCUT2D eigenvalue weighted by Crippen LogP contribution is -1.99. The second-order valence-corrected chi connectivity index (χ2v) is 4.79. The third-order valence-electron chi connectivity index (χ3n) is 2.86. The van der Waals surface area contributed by atoms with Crippen LogP contribution in [0.5, 0.6) is 0 Å². The van der Waals surface area contributed by atoms with E-state index in [1.54, 1.807) is 28.8 Å². The highest BCUT2D eigenvalue weighted by Gasteiger charge is 2.14. The van der Waals surface area contributed by atoms with Gasteiger partial charge in [0, 0.05) is 6.07 Å². The largest absolute Gasteiger partial charge is 0.284 e. The van der Waals surface area contributed by atoms with Gasteiger partial charge in [-0.25, -0.2) is 13.8 Å². The maximum absolute atomic E-state index is 13.9. The van der Waals surface area contributed by atoms with E-state index in [2.05, 4.69) is 4.98 Å². The first-order chi connectivity index (χ1) is 9.20. The highest BCUT2D eigenvalue weighted by molar-refractivity contribution is 7.98. The zero-order chi connectivity index (χ0) is 13.4. The van der Waals surface area contributed by atoms with Crippen molar-refractivity contribution in [3.8, 4) is 5.69 Å². The first-order valence-electron chi connectivity index (χ1n) is 5.67. The van der Waals surface area contributed by atoms with E-state index in [1.165, 1.54) is 30.0 Å². The number of hydrogen-bond donors (Lipinski definition) is 0. The predicted molar refractivity (Wildman–Crippen MR) is 72.8 cm³/mol. The normalized spacial score (nSPS) is 11.1. The number of halogens is 2. The van der Waals surface area contributed by atoms with E-state index in [-0.39, 0.29) is 11.6 Å². The minimum absolute atomic E-state index is 0.360. The highest BCUT2D eigenvalue weighted by Crippen LogP contribution is 2.28. The summed E-state index contributed by atoms with van der Waals surface area (Å²) in [5, 5.41) is 0.630. The minimum atomic E-state index is -0.363. The zero-order valence-corrected chi connectivity index (χ0v) is 10.9. The molecule has 0 saturated heterocycles. The molecule has 0 unspecified atom stereocenters. The Kier molecular flexibility index (Phi) is 2.98. The summed E-state index contributed by atoms with van der Waals surface area (Å²) >= 11 is 1.39. The van der Waals surface area contributed by atoms with Crippen molar-refractivity contribution in [3.05, 3.63) is 54.1 Å². The average Bonchev–Trinajstić information content (AvgIpc) is 2.77. The van der Waals surface area contributed by atoms with Gasteiger partial charge in [-0.05, 0) is 30.5 Å². The summed E-state index contributed by atoms with van der Waals surface area (Å²) in [4.78, 5) is 4.38. The van der Waals surface area contributed by atoms with Gasteiger partial charge in [0.25, 0.3) is 0 Å². The molecule has 0 aliphatic carbocycles. The molecule has 0 spiro atoms. The van der Waals surface area contributed by atoms with E-state index in [4.69, 9.17) is 0 Å². The molecular formula is C14H10F2N2S. The molecule has 96 valence electrons. The first-order valence-corrected chi connectivity index (χ1v) is 6.90. The fraction of sp³-hybridized carbons (Fsp3) is 0.0714. The average molecular weight is 276 g/mol. The summed E-state index contributed by atoms with van der Waals surface area (Å²) in [6.07, 6.45) is 1.86. The molecule has 0 aliphatic rings. The van der Waals surface area contributed by atoms with Crippen LogP contribution >= 0.6 is 11.8 Å². The lowest BCUT2D eigenvalue weighted by atomic mass is 10.2. The second kappa shape index (κ2) is 4.66. The number of para-hydroxylation sites is 1. The van der Waals surface area contributed by atoms with E-state index >= 15 is 0 Å².